The molecule has 0 aliphatic rings. The lowest BCUT2D eigenvalue weighted by molar-refractivity contribution is 0.101. The second-order valence-electron chi connectivity index (χ2n) is 5.70. The molecule has 0 saturated heterocycles. The molecule has 3 rings (SSSR count). The van der Waals surface area contributed by atoms with Crippen LogP contribution in [0.15, 0.2) is 77.3 Å². The van der Waals surface area contributed by atoms with Gasteiger partial charge in [0.05, 0.1) is 12.7 Å². The monoisotopic (exact) mass is 424 g/mol. The van der Waals surface area contributed by atoms with Crippen molar-refractivity contribution in [1.29, 1.82) is 0 Å². The van der Waals surface area contributed by atoms with Gasteiger partial charge in [-0.3, -0.25) is 9.59 Å². The summed E-state index contributed by atoms with van der Waals surface area (Å²) in [5, 5.41) is 5.64. The number of halogens is 1. The number of methoxy groups -OCH3 is 1. The van der Waals surface area contributed by atoms with Gasteiger partial charge in [-0.1, -0.05) is 40.2 Å². The van der Waals surface area contributed by atoms with Crippen LogP contribution in [0.5, 0.6) is 5.75 Å². The number of carbonyl (C=O) groups excluding carboxylic acids is 2. The Morgan fingerprint density at radius 1 is 0.815 bits per heavy atom. The van der Waals surface area contributed by atoms with Gasteiger partial charge in [-0.15, -0.1) is 0 Å². The summed E-state index contributed by atoms with van der Waals surface area (Å²) < 4.78 is 6.04. The molecule has 0 unspecified atom stereocenters. The Balaban J connectivity index is 1.74. The van der Waals surface area contributed by atoms with Crippen molar-refractivity contribution in [2.45, 2.75) is 0 Å². The summed E-state index contributed by atoms with van der Waals surface area (Å²) in [6, 6.07) is 21.1. The number of hydrogen-bond acceptors (Lipinski definition) is 3. The lowest BCUT2D eigenvalue weighted by Crippen LogP contribution is -2.14. The van der Waals surface area contributed by atoms with E-state index >= 15 is 0 Å². The van der Waals surface area contributed by atoms with Gasteiger partial charge < -0.3 is 15.4 Å². The minimum Gasteiger partial charge on any atom is -0.496 e. The number of hydrogen-bond donors (Lipinski definition) is 2. The van der Waals surface area contributed by atoms with Gasteiger partial charge in [-0.05, 0) is 48.5 Å². The zero-order valence-electron chi connectivity index (χ0n) is 14.5. The Hall–Kier alpha value is -3.12. The molecule has 0 bridgehead atoms. The maximum atomic E-state index is 12.5. The highest BCUT2D eigenvalue weighted by atomic mass is 79.9. The van der Waals surface area contributed by atoms with Crippen LogP contribution in [0.4, 0.5) is 11.4 Å². The largest absolute Gasteiger partial charge is 0.496 e. The fourth-order valence-corrected chi connectivity index (χ4v) is 2.94. The smallest absolute Gasteiger partial charge is 0.259 e. The number of anilines is 2. The first-order valence-corrected chi connectivity index (χ1v) is 8.97. The highest BCUT2D eigenvalue weighted by Gasteiger charge is 2.12. The molecule has 0 aromatic heterocycles. The van der Waals surface area contributed by atoms with Crippen molar-refractivity contribution in [2.75, 3.05) is 17.7 Å². The molecule has 0 aliphatic carbocycles. The molecule has 0 radical (unpaired) electrons. The number of ether oxygens (including phenoxy) is 1. The summed E-state index contributed by atoms with van der Waals surface area (Å²) in [7, 11) is 1.52. The standard InChI is InChI=1S/C21H17BrN2O3/c1-27-19-11-3-2-10-18(19)21(26)24-17-9-5-8-16(13-17)23-20(25)14-6-4-7-15(22)12-14/h2-13H,1H3,(H,23,25)(H,24,26). The second-order valence-corrected chi connectivity index (χ2v) is 6.62. The van der Waals surface area contributed by atoms with Crippen LogP contribution in [-0.2, 0) is 0 Å². The van der Waals surface area contributed by atoms with E-state index in [1.54, 1.807) is 66.7 Å². The Bertz CT molecular complexity index is 988. The van der Waals surface area contributed by atoms with Crippen LogP contribution in [-0.4, -0.2) is 18.9 Å². The van der Waals surface area contributed by atoms with E-state index in [0.717, 1.165) is 4.47 Å². The number of carbonyl (C=O) groups is 2. The number of rotatable bonds is 5. The molecular formula is C21H17BrN2O3. The van der Waals surface area contributed by atoms with Gasteiger partial charge in [0, 0.05) is 21.4 Å². The van der Waals surface area contributed by atoms with E-state index in [2.05, 4.69) is 26.6 Å². The molecule has 136 valence electrons. The molecule has 5 nitrogen and oxygen atoms in total. The fourth-order valence-electron chi connectivity index (χ4n) is 2.54. The van der Waals surface area contributed by atoms with Crippen LogP contribution in [0, 0.1) is 0 Å². The summed E-state index contributed by atoms with van der Waals surface area (Å²) in [5.74, 6) is -0.0264. The Labute approximate surface area is 165 Å². The predicted octanol–water partition coefficient (Wildman–Crippen LogP) is 4.96. The third-order valence-corrected chi connectivity index (χ3v) is 4.31. The molecule has 0 spiro atoms. The summed E-state index contributed by atoms with van der Waals surface area (Å²) in [6.07, 6.45) is 0. The zero-order chi connectivity index (χ0) is 19.2. The molecule has 0 atom stereocenters. The summed E-state index contributed by atoms with van der Waals surface area (Å²) in [5.41, 5.74) is 2.12. The van der Waals surface area contributed by atoms with E-state index in [0.29, 0.717) is 28.3 Å². The highest BCUT2D eigenvalue weighted by Crippen LogP contribution is 2.21. The van der Waals surface area contributed by atoms with Gasteiger partial charge in [-0.2, -0.15) is 0 Å². The van der Waals surface area contributed by atoms with Crippen molar-refractivity contribution in [3.05, 3.63) is 88.4 Å². The van der Waals surface area contributed by atoms with Crippen LogP contribution >= 0.6 is 15.9 Å². The zero-order valence-corrected chi connectivity index (χ0v) is 16.1. The van der Waals surface area contributed by atoms with E-state index in [1.165, 1.54) is 7.11 Å². The van der Waals surface area contributed by atoms with E-state index in [1.807, 2.05) is 6.07 Å². The first-order valence-electron chi connectivity index (χ1n) is 8.18. The first kappa shape index (κ1) is 18.7. The molecule has 6 heteroatoms. The van der Waals surface area contributed by atoms with E-state index < -0.39 is 0 Å². The van der Waals surface area contributed by atoms with Crippen molar-refractivity contribution < 1.29 is 14.3 Å². The van der Waals surface area contributed by atoms with E-state index in [9.17, 15) is 9.59 Å². The minimum atomic E-state index is -0.289. The summed E-state index contributed by atoms with van der Waals surface area (Å²) in [6.45, 7) is 0. The molecule has 3 aromatic rings. The average Bonchev–Trinajstić information content (AvgIpc) is 2.68. The van der Waals surface area contributed by atoms with Crippen LogP contribution in [0.25, 0.3) is 0 Å². The lowest BCUT2D eigenvalue weighted by atomic mass is 10.1. The molecule has 0 heterocycles. The second kappa shape index (κ2) is 8.51. The van der Waals surface area contributed by atoms with Crippen LogP contribution in [0.3, 0.4) is 0 Å². The molecule has 2 N–H and O–H groups in total. The predicted molar refractivity (Wildman–Crippen MR) is 109 cm³/mol. The normalized spacial score (nSPS) is 10.1. The van der Waals surface area contributed by atoms with Crippen molar-refractivity contribution in [2.24, 2.45) is 0 Å². The molecular weight excluding hydrogens is 408 g/mol. The van der Waals surface area contributed by atoms with Crippen LogP contribution in [0.1, 0.15) is 20.7 Å². The van der Waals surface area contributed by atoms with E-state index in [-0.39, 0.29) is 11.8 Å². The third-order valence-electron chi connectivity index (χ3n) is 3.82. The van der Waals surface area contributed by atoms with Crippen molar-refractivity contribution in [3.8, 4) is 5.75 Å². The maximum Gasteiger partial charge on any atom is 0.259 e. The van der Waals surface area contributed by atoms with Gasteiger partial charge in [-0.25, -0.2) is 0 Å². The topological polar surface area (TPSA) is 67.4 Å². The van der Waals surface area contributed by atoms with Crippen LogP contribution < -0.4 is 15.4 Å². The molecule has 0 fully saturated rings. The van der Waals surface area contributed by atoms with Gasteiger partial charge in [0.1, 0.15) is 5.75 Å². The number of amides is 2. The molecule has 27 heavy (non-hydrogen) atoms. The molecule has 0 saturated carbocycles. The van der Waals surface area contributed by atoms with Crippen molar-refractivity contribution in [3.63, 3.8) is 0 Å². The number of benzene rings is 3. The highest BCUT2D eigenvalue weighted by molar-refractivity contribution is 9.10. The fraction of sp³-hybridized carbons (Fsp3) is 0.0476. The summed E-state index contributed by atoms with van der Waals surface area (Å²) in [4.78, 5) is 24.9. The van der Waals surface area contributed by atoms with Gasteiger partial charge in [0.15, 0.2) is 0 Å². The Morgan fingerprint density at radius 3 is 2.19 bits per heavy atom. The molecule has 0 aliphatic heterocycles. The maximum absolute atomic E-state index is 12.5. The quantitative estimate of drug-likeness (QED) is 0.607. The number of nitrogens with one attached hydrogen (secondary N) is 2. The average molecular weight is 425 g/mol. The van der Waals surface area contributed by atoms with Gasteiger partial charge >= 0.3 is 0 Å². The number of para-hydroxylation sites is 1. The summed E-state index contributed by atoms with van der Waals surface area (Å²) >= 11 is 3.35. The van der Waals surface area contributed by atoms with Crippen molar-refractivity contribution >= 4 is 39.1 Å². The van der Waals surface area contributed by atoms with Gasteiger partial charge in [0.2, 0.25) is 0 Å². The SMILES string of the molecule is COc1ccccc1C(=O)Nc1cccc(NC(=O)c2cccc(Br)c2)c1. The van der Waals surface area contributed by atoms with Gasteiger partial charge in [0.25, 0.3) is 11.8 Å². The van der Waals surface area contributed by atoms with E-state index in [4.69, 9.17) is 4.74 Å². The Kier molecular flexibility index (Phi) is 5.88. The lowest BCUT2D eigenvalue weighted by Gasteiger charge is -2.11. The Morgan fingerprint density at radius 2 is 1.48 bits per heavy atom. The third kappa shape index (κ3) is 4.74. The molecule has 2 amide bonds. The minimum absolute atomic E-state index is 0.232. The van der Waals surface area contributed by atoms with Crippen LogP contribution in [0.2, 0.25) is 0 Å². The first-order chi connectivity index (χ1) is 13.1. The molecule has 3 aromatic carbocycles. The van der Waals surface area contributed by atoms with Crippen molar-refractivity contribution in [1.82, 2.24) is 0 Å².